The molecule has 3 unspecified atom stereocenters. The maximum absolute atomic E-state index is 13.2. The average molecular weight is 444 g/mol. The number of ether oxygens (including phenoxy) is 4. The molecule has 1 aromatic carbocycles. The third-order valence-electron chi connectivity index (χ3n) is 7.47. The molecule has 4 aliphatic rings. The van der Waals surface area contributed by atoms with E-state index in [1.54, 1.807) is 0 Å². The molecule has 7 heteroatoms. The molecule has 2 heterocycles. The van der Waals surface area contributed by atoms with Crippen LogP contribution in [0.1, 0.15) is 56.9 Å². The Morgan fingerprint density at radius 1 is 1.22 bits per heavy atom. The Bertz CT molecular complexity index is 870. The van der Waals surface area contributed by atoms with Crippen molar-refractivity contribution in [1.29, 1.82) is 0 Å². The molecule has 1 aromatic rings. The van der Waals surface area contributed by atoms with Crippen LogP contribution in [0.2, 0.25) is 0 Å². The van der Waals surface area contributed by atoms with Crippen molar-refractivity contribution >= 4 is 5.91 Å². The van der Waals surface area contributed by atoms with Crippen LogP contribution in [0, 0.1) is 17.8 Å². The molecular formula is C25H33NO6. The Morgan fingerprint density at radius 3 is 2.84 bits per heavy atom. The van der Waals surface area contributed by atoms with Crippen LogP contribution in [0.3, 0.4) is 0 Å². The topological polar surface area (TPSA) is 86.3 Å². The molecule has 2 fully saturated rings. The predicted molar refractivity (Wildman–Crippen MR) is 117 cm³/mol. The Labute approximate surface area is 189 Å². The van der Waals surface area contributed by atoms with E-state index in [1.807, 2.05) is 31.2 Å². The summed E-state index contributed by atoms with van der Waals surface area (Å²) in [6.45, 7) is 2.73. The van der Waals surface area contributed by atoms with E-state index < -0.39 is 6.29 Å². The summed E-state index contributed by atoms with van der Waals surface area (Å²) in [5.74, 6) is 2.85. The lowest BCUT2D eigenvalue weighted by molar-refractivity contribution is -0.167. The van der Waals surface area contributed by atoms with Crippen molar-refractivity contribution < 1.29 is 28.8 Å². The maximum atomic E-state index is 13.2. The standard InChI is InChI=1S/C25H33NO6/c1-2-29-25-18(4-3-9-27)19(16-7-8-21-22(12-16)31-14-30-21)13-23(32-25)24(28)26-20-11-15-5-6-17(20)10-15/h7-8,12-13,15,17-20,25,27H,2-6,9-11,14H2,1H3,(H,26,28)/t15?,17?,18-,19+,20?,25+/m0/s1. The van der Waals surface area contributed by atoms with Crippen LogP contribution in [-0.4, -0.2) is 43.4 Å². The molecule has 2 saturated carbocycles. The first-order valence-electron chi connectivity index (χ1n) is 12.0. The van der Waals surface area contributed by atoms with Gasteiger partial charge in [0, 0.05) is 31.1 Å². The Morgan fingerprint density at radius 2 is 2.09 bits per heavy atom. The zero-order chi connectivity index (χ0) is 22.1. The number of rotatable bonds is 8. The van der Waals surface area contributed by atoms with E-state index in [4.69, 9.17) is 18.9 Å². The van der Waals surface area contributed by atoms with E-state index in [2.05, 4.69) is 5.32 Å². The SMILES string of the molecule is CCO[C@@H]1OC(C(=O)NC2CC3CCC2C3)=C[C@H](c2ccc3c(c2)OCO3)[C@@H]1CCCO. The van der Waals surface area contributed by atoms with Crippen LogP contribution < -0.4 is 14.8 Å². The first-order valence-corrected chi connectivity index (χ1v) is 12.0. The van der Waals surface area contributed by atoms with Crippen LogP contribution in [0.5, 0.6) is 11.5 Å². The highest BCUT2D eigenvalue weighted by Gasteiger charge is 2.42. The molecule has 1 amide bonds. The fraction of sp³-hybridized carbons (Fsp3) is 0.640. The minimum atomic E-state index is -0.548. The third-order valence-corrected chi connectivity index (χ3v) is 7.47. The molecular weight excluding hydrogens is 410 g/mol. The molecule has 0 spiro atoms. The predicted octanol–water partition coefficient (Wildman–Crippen LogP) is 3.47. The van der Waals surface area contributed by atoms with Gasteiger partial charge in [0.25, 0.3) is 5.91 Å². The highest BCUT2D eigenvalue weighted by molar-refractivity contribution is 5.92. The second-order valence-electron chi connectivity index (χ2n) is 9.40. The van der Waals surface area contributed by atoms with E-state index in [-0.39, 0.29) is 37.2 Å². The molecule has 0 radical (unpaired) electrons. The number of aliphatic hydroxyl groups excluding tert-OH is 1. The molecule has 32 heavy (non-hydrogen) atoms. The summed E-state index contributed by atoms with van der Waals surface area (Å²) in [6.07, 6.45) is 7.54. The molecule has 2 bridgehead atoms. The largest absolute Gasteiger partial charge is 0.459 e. The van der Waals surface area contributed by atoms with Gasteiger partial charge in [-0.05, 0) is 74.6 Å². The Hall–Kier alpha value is -2.25. The van der Waals surface area contributed by atoms with Crippen LogP contribution in [0.4, 0.5) is 0 Å². The number of fused-ring (bicyclic) bond motifs is 3. The lowest BCUT2D eigenvalue weighted by Gasteiger charge is -2.37. The molecule has 2 aliphatic heterocycles. The highest BCUT2D eigenvalue weighted by atomic mass is 16.7. The summed E-state index contributed by atoms with van der Waals surface area (Å²) in [6, 6.07) is 6.15. The van der Waals surface area contributed by atoms with Crippen molar-refractivity contribution in [3.8, 4) is 11.5 Å². The van der Waals surface area contributed by atoms with Crippen molar-refractivity contribution in [2.24, 2.45) is 17.8 Å². The third kappa shape index (κ3) is 4.20. The monoisotopic (exact) mass is 443 g/mol. The first-order chi connectivity index (χ1) is 15.7. The fourth-order valence-electron chi connectivity index (χ4n) is 5.93. The number of amides is 1. The number of nitrogens with one attached hydrogen (secondary N) is 1. The van der Waals surface area contributed by atoms with Crippen LogP contribution in [0.25, 0.3) is 0 Å². The van der Waals surface area contributed by atoms with Gasteiger partial charge in [0.2, 0.25) is 13.1 Å². The van der Waals surface area contributed by atoms with Gasteiger partial charge in [0.05, 0.1) is 0 Å². The lowest BCUT2D eigenvalue weighted by atomic mass is 9.80. The second kappa shape index (κ2) is 9.32. The summed E-state index contributed by atoms with van der Waals surface area (Å²) >= 11 is 0. The highest BCUT2D eigenvalue weighted by Crippen LogP contribution is 2.45. The van der Waals surface area contributed by atoms with Crippen molar-refractivity contribution in [3.05, 3.63) is 35.6 Å². The number of carbonyl (C=O) groups excluding carboxylic acids is 1. The Balaban J connectivity index is 1.42. The van der Waals surface area contributed by atoms with Gasteiger partial charge in [0.1, 0.15) is 0 Å². The summed E-state index contributed by atoms with van der Waals surface area (Å²) in [4.78, 5) is 13.2. The van der Waals surface area contributed by atoms with E-state index in [1.165, 1.54) is 19.3 Å². The van der Waals surface area contributed by atoms with Gasteiger partial charge >= 0.3 is 0 Å². The van der Waals surface area contributed by atoms with E-state index in [9.17, 15) is 9.90 Å². The summed E-state index contributed by atoms with van der Waals surface area (Å²) < 4.78 is 23.1. The number of hydrogen-bond acceptors (Lipinski definition) is 6. The van der Waals surface area contributed by atoms with Gasteiger partial charge in [0.15, 0.2) is 17.3 Å². The van der Waals surface area contributed by atoms with Gasteiger partial charge in [-0.25, -0.2) is 0 Å². The number of carbonyl (C=O) groups is 1. The van der Waals surface area contributed by atoms with E-state index in [0.717, 1.165) is 30.1 Å². The number of allylic oxidation sites excluding steroid dienone is 1. The molecule has 0 aromatic heterocycles. The average Bonchev–Trinajstić information content (AvgIpc) is 3.54. The van der Waals surface area contributed by atoms with Crippen molar-refractivity contribution in [2.45, 2.75) is 63.7 Å². The molecule has 2 aliphatic carbocycles. The lowest BCUT2D eigenvalue weighted by Crippen LogP contribution is -2.43. The van der Waals surface area contributed by atoms with E-state index in [0.29, 0.717) is 30.5 Å². The first kappa shape index (κ1) is 21.6. The zero-order valence-electron chi connectivity index (χ0n) is 18.6. The summed E-state index contributed by atoms with van der Waals surface area (Å²) in [5, 5.41) is 12.7. The van der Waals surface area contributed by atoms with Gasteiger partial charge < -0.3 is 29.4 Å². The van der Waals surface area contributed by atoms with Gasteiger partial charge in [-0.1, -0.05) is 12.5 Å². The molecule has 2 N–H and O–H groups in total. The van der Waals surface area contributed by atoms with Crippen LogP contribution in [-0.2, 0) is 14.3 Å². The summed E-state index contributed by atoms with van der Waals surface area (Å²) in [5.41, 5.74) is 1.02. The fourth-order valence-corrected chi connectivity index (χ4v) is 5.93. The maximum Gasteiger partial charge on any atom is 0.286 e. The van der Waals surface area contributed by atoms with Crippen LogP contribution >= 0.6 is 0 Å². The van der Waals surface area contributed by atoms with Crippen LogP contribution in [0.15, 0.2) is 30.0 Å². The van der Waals surface area contributed by atoms with Gasteiger partial charge in [-0.2, -0.15) is 0 Å². The molecule has 0 saturated heterocycles. The number of benzene rings is 1. The molecule has 174 valence electrons. The minimum absolute atomic E-state index is 0.0264. The molecule has 7 nitrogen and oxygen atoms in total. The van der Waals surface area contributed by atoms with E-state index >= 15 is 0 Å². The zero-order valence-corrected chi connectivity index (χ0v) is 18.6. The number of hydrogen-bond donors (Lipinski definition) is 2. The quantitative estimate of drug-likeness (QED) is 0.640. The second-order valence-corrected chi connectivity index (χ2v) is 9.40. The van der Waals surface area contributed by atoms with Gasteiger partial charge in [-0.3, -0.25) is 4.79 Å². The summed E-state index contributed by atoms with van der Waals surface area (Å²) in [7, 11) is 0. The Kier molecular flexibility index (Phi) is 6.28. The minimum Gasteiger partial charge on any atom is -0.459 e. The molecule has 5 rings (SSSR count). The smallest absolute Gasteiger partial charge is 0.286 e. The van der Waals surface area contributed by atoms with Crippen molar-refractivity contribution in [3.63, 3.8) is 0 Å². The van der Waals surface area contributed by atoms with Crippen molar-refractivity contribution in [1.82, 2.24) is 5.32 Å². The normalized spacial score (nSPS) is 32.5. The number of aliphatic hydroxyl groups is 1. The molecule has 6 atom stereocenters. The van der Waals surface area contributed by atoms with Crippen molar-refractivity contribution in [2.75, 3.05) is 20.0 Å². The van der Waals surface area contributed by atoms with Gasteiger partial charge in [-0.15, -0.1) is 0 Å².